The summed E-state index contributed by atoms with van der Waals surface area (Å²) in [5, 5.41) is 0. The molecule has 0 saturated heterocycles. The Bertz CT molecular complexity index is 312. The summed E-state index contributed by atoms with van der Waals surface area (Å²) >= 11 is 0. The number of methoxy groups -OCH3 is 1. The molecule has 14 heavy (non-hydrogen) atoms. The molecule has 1 aliphatic carbocycles. The highest BCUT2D eigenvalue weighted by Crippen LogP contribution is 2.32. The number of ether oxygens (including phenoxy) is 1. The molecule has 1 aromatic heterocycles. The molecule has 1 heterocycles. The van der Waals surface area contributed by atoms with Crippen molar-refractivity contribution < 1.29 is 4.74 Å². The highest BCUT2D eigenvalue weighted by atomic mass is 16.5. The summed E-state index contributed by atoms with van der Waals surface area (Å²) in [4.78, 5) is 8.32. The minimum atomic E-state index is 0.233. The van der Waals surface area contributed by atoms with E-state index < -0.39 is 0 Å². The second kappa shape index (κ2) is 3.92. The van der Waals surface area contributed by atoms with Crippen LogP contribution < -0.4 is 10.5 Å². The molecule has 1 atom stereocenters. The molecular weight excluding hydrogens is 178 g/mol. The molecule has 4 heteroatoms. The van der Waals surface area contributed by atoms with Crippen LogP contribution in [0.5, 0.6) is 5.88 Å². The zero-order valence-electron chi connectivity index (χ0n) is 8.31. The smallest absolute Gasteiger partial charge is 0.232 e. The Hall–Kier alpha value is -1.16. The van der Waals surface area contributed by atoms with Crippen LogP contribution >= 0.6 is 0 Å². The molecule has 0 aromatic carbocycles. The third kappa shape index (κ3) is 2.20. The second-order valence-electron chi connectivity index (χ2n) is 3.76. The lowest BCUT2D eigenvalue weighted by Gasteiger charge is -2.09. The van der Waals surface area contributed by atoms with Gasteiger partial charge >= 0.3 is 0 Å². The molecule has 76 valence electrons. The van der Waals surface area contributed by atoms with Crippen LogP contribution in [0.4, 0.5) is 0 Å². The molecule has 1 unspecified atom stereocenters. The molecule has 1 aliphatic rings. The van der Waals surface area contributed by atoms with Gasteiger partial charge in [-0.15, -0.1) is 0 Å². The summed E-state index contributed by atoms with van der Waals surface area (Å²) in [7, 11) is 1.59. The zero-order valence-corrected chi connectivity index (χ0v) is 8.31. The maximum Gasteiger partial charge on any atom is 0.232 e. The van der Waals surface area contributed by atoms with Crippen molar-refractivity contribution in [3.63, 3.8) is 0 Å². The molecule has 0 spiro atoms. The van der Waals surface area contributed by atoms with E-state index in [2.05, 4.69) is 9.97 Å². The summed E-state index contributed by atoms with van der Waals surface area (Å²) < 4.78 is 5.00. The van der Waals surface area contributed by atoms with Gasteiger partial charge in [-0.1, -0.05) is 0 Å². The van der Waals surface area contributed by atoms with Gasteiger partial charge in [-0.25, -0.2) is 4.98 Å². The van der Waals surface area contributed by atoms with Gasteiger partial charge in [0, 0.05) is 18.7 Å². The van der Waals surface area contributed by atoms with Crippen LogP contribution in [0.2, 0.25) is 0 Å². The van der Waals surface area contributed by atoms with Crippen LogP contribution in [0.15, 0.2) is 12.4 Å². The van der Waals surface area contributed by atoms with E-state index in [1.807, 2.05) is 0 Å². The monoisotopic (exact) mass is 193 g/mol. The summed E-state index contributed by atoms with van der Waals surface area (Å²) in [6.07, 6.45) is 6.68. The number of aromatic nitrogens is 2. The van der Waals surface area contributed by atoms with Gasteiger partial charge in [-0.05, 0) is 18.8 Å². The SMILES string of the molecule is COc1cncc(CC(N)C2CC2)n1. The third-order valence-electron chi connectivity index (χ3n) is 2.54. The molecule has 4 nitrogen and oxygen atoms in total. The van der Waals surface area contributed by atoms with E-state index >= 15 is 0 Å². The molecule has 2 N–H and O–H groups in total. The second-order valence-corrected chi connectivity index (χ2v) is 3.76. The number of hydrogen-bond acceptors (Lipinski definition) is 4. The minimum absolute atomic E-state index is 0.233. The Labute approximate surface area is 83.5 Å². The van der Waals surface area contributed by atoms with Crippen LogP contribution in [-0.2, 0) is 6.42 Å². The first-order valence-electron chi connectivity index (χ1n) is 4.90. The van der Waals surface area contributed by atoms with Crippen LogP contribution in [0.3, 0.4) is 0 Å². The normalized spacial score (nSPS) is 17.9. The molecule has 1 aromatic rings. The highest BCUT2D eigenvalue weighted by Gasteiger charge is 2.28. The Morgan fingerprint density at radius 1 is 1.57 bits per heavy atom. The van der Waals surface area contributed by atoms with Crippen molar-refractivity contribution in [3.05, 3.63) is 18.1 Å². The topological polar surface area (TPSA) is 61.0 Å². The maximum atomic E-state index is 5.99. The number of nitrogens with two attached hydrogens (primary N) is 1. The van der Waals surface area contributed by atoms with Gasteiger partial charge in [0.15, 0.2) is 0 Å². The standard InChI is InChI=1S/C10H15N3O/c1-14-10-6-12-5-8(13-10)4-9(11)7-2-3-7/h5-7,9H,2-4,11H2,1H3. The maximum absolute atomic E-state index is 5.99. The third-order valence-corrected chi connectivity index (χ3v) is 2.54. The first-order chi connectivity index (χ1) is 6.79. The fourth-order valence-corrected chi connectivity index (χ4v) is 1.52. The highest BCUT2D eigenvalue weighted by molar-refractivity contribution is 5.09. The van der Waals surface area contributed by atoms with E-state index in [1.54, 1.807) is 19.5 Å². The Morgan fingerprint density at radius 2 is 2.36 bits per heavy atom. The molecule has 0 aliphatic heterocycles. The Morgan fingerprint density at radius 3 is 3.00 bits per heavy atom. The van der Waals surface area contributed by atoms with E-state index in [0.29, 0.717) is 11.8 Å². The van der Waals surface area contributed by atoms with Crippen molar-refractivity contribution in [2.24, 2.45) is 11.7 Å². The van der Waals surface area contributed by atoms with Crippen LogP contribution in [0.1, 0.15) is 18.5 Å². The van der Waals surface area contributed by atoms with E-state index in [0.717, 1.165) is 12.1 Å². The molecule has 1 fully saturated rings. The Balaban J connectivity index is 2.00. The van der Waals surface area contributed by atoms with E-state index in [1.165, 1.54) is 12.8 Å². The van der Waals surface area contributed by atoms with Gasteiger partial charge in [0.05, 0.1) is 19.0 Å². The van der Waals surface area contributed by atoms with Gasteiger partial charge in [-0.2, -0.15) is 0 Å². The lowest BCUT2D eigenvalue weighted by atomic mass is 10.1. The zero-order chi connectivity index (χ0) is 9.97. The molecule has 0 radical (unpaired) electrons. The van der Waals surface area contributed by atoms with Crippen molar-refractivity contribution in [2.45, 2.75) is 25.3 Å². The lowest BCUT2D eigenvalue weighted by molar-refractivity contribution is 0.393. The van der Waals surface area contributed by atoms with Gasteiger partial charge in [0.1, 0.15) is 0 Å². The first-order valence-corrected chi connectivity index (χ1v) is 4.90. The van der Waals surface area contributed by atoms with Gasteiger partial charge in [0.25, 0.3) is 0 Å². The lowest BCUT2D eigenvalue weighted by Crippen LogP contribution is -2.25. The summed E-state index contributed by atoms with van der Waals surface area (Å²) in [5.74, 6) is 1.26. The number of hydrogen-bond donors (Lipinski definition) is 1. The van der Waals surface area contributed by atoms with Crippen LogP contribution in [0.25, 0.3) is 0 Å². The molecule has 2 rings (SSSR count). The predicted molar refractivity (Wildman–Crippen MR) is 53.0 cm³/mol. The largest absolute Gasteiger partial charge is 0.480 e. The van der Waals surface area contributed by atoms with Crippen LogP contribution in [-0.4, -0.2) is 23.1 Å². The molecule has 1 saturated carbocycles. The summed E-state index contributed by atoms with van der Waals surface area (Å²) in [5.41, 5.74) is 6.91. The first kappa shape index (κ1) is 9.40. The van der Waals surface area contributed by atoms with Gasteiger partial charge < -0.3 is 10.5 Å². The van der Waals surface area contributed by atoms with Crippen molar-refractivity contribution in [1.29, 1.82) is 0 Å². The summed E-state index contributed by atoms with van der Waals surface area (Å²) in [6, 6.07) is 0.233. The average Bonchev–Trinajstić information content (AvgIpc) is 3.01. The predicted octanol–water partition coefficient (Wildman–Crippen LogP) is 0.765. The van der Waals surface area contributed by atoms with E-state index in [9.17, 15) is 0 Å². The van der Waals surface area contributed by atoms with Crippen LogP contribution in [0, 0.1) is 5.92 Å². The Kier molecular flexibility index (Phi) is 2.63. The van der Waals surface area contributed by atoms with E-state index in [4.69, 9.17) is 10.5 Å². The van der Waals surface area contributed by atoms with Gasteiger partial charge in [0.2, 0.25) is 5.88 Å². The van der Waals surface area contributed by atoms with Crippen molar-refractivity contribution in [2.75, 3.05) is 7.11 Å². The fourth-order valence-electron chi connectivity index (χ4n) is 1.52. The fraction of sp³-hybridized carbons (Fsp3) is 0.600. The van der Waals surface area contributed by atoms with Gasteiger partial charge in [-0.3, -0.25) is 4.98 Å². The molecule has 0 amide bonds. The summed E-state index contributed by atoms with van der Waals surface area (Å²) in [6.45, 7) is 0. The molecule has 0 bridgehead atoms. The molecular formula is C10H15N3O. The average molecular weight is 193 g/mol. The van der Waals surface area contributed by atoms with Crippen molar-refractivity contribution in [3.8, 4) is 5.88 Å². The van der Waals surface area contributed by atoms with Crippen molar-refractivity contribution >= 4 is 0 Å². The number of nitrogens with zero attached hydrogens (tertiary/aromatic N) is 2. The minimum Gasteiger partial charge on any atom is -0.480 e. The van der Waals surface area contributed by atoms with E-state index in [-0.39, 0.29) is 6.04 Å². The quantitative estimate of drug-likeness (QED) is 0.767. The van der Waals surface area contributed by atoms with Crippen molar-refractivity contribution in [1.82, 2.24) is 9.97 Å². The number of rotatable bonds is 4.